The van der Waals surface area contributed by atoms with Crippen molar-refractivity contribution >= 4 is 0 Å². The highest BCUT2D eigenvalue weighted by atomic mass is 16.7. The zero-order valence-electron chi connectivity index (χ0n) is 20.5. The van der Waals surface area contributed by atoms with Gasteiger partial charge in [-0.2, -0.15) is 0 Å². The molecule has 2 aromatic rings. The van der Waals surface area contributed by atoms with Gasteiger partial charge in [-0.15, -0.1) is 0 Å². The molecule has 0 saturated heterocycles. The predicted molar refractivity (Wildman–Crippen MR) is 134 cm³/mol. The number of hydrogen-bond acceptors (Lipinski definition) is 9. The Morgan fingerprint density at radius 1 is 1.11 bits per heavy atom. The maximum atomic E-state index is 12.3. The van der Waals surface area contributed by atoms with Gasteiger partial charge in [0, 0.05) is 19.2 Å². The largest absolute Gasteiger partial charge is 0.493 e. The molecule has 4 unspecified atom stereocenters. The summed E-state index contributed by atoms with van der Waals surface area (Å²) in [7, 11) is 1.51. The van der Waals surface area contributed by atoms with E-state index in [-0.39, 0.29) is 19.7 Å². The molecule has 1 aliphatic rings. The first-order chi connectivity index (χ1) is 17.7. The number of allylic oxidation sites excluding steroid dienone is 2. The lowest BCUT2D eigenvalue weighted by Gasteiger charge is -2.38. The van der Waals surface area contributed by atoms with Crippen molar-refractivity contribution in [3.63, 3.8) is 0 Å². The van der Waals surface area contributed by atoms with E-state index in [0.29, 0.717) is 11.5 Å². The number of rotatable bonds is 13. The molecule has 11 nitrogen and oxygen atoms in total. The molecular weight excluding hydrogens is 482 g/mol. The molecule has 0 heterocycles. The van der Waals surface area contributed by atoms with Crippen LogP contribution in [0.15, 0.2) is 78.5 Å². The zero-order chi connectivity index (χ0) is 27.0. The third-order valence-electron chi connectivity index (χ3n) is 5.87. The summed E-state index contributed by atoms with van der Waals surface area (Å²) >= 11 is 0. The summed E-state index contributed by atoms with van der Waals surface area (Å²) in [6.07, 6.45) is 0.859. The first-order valence-corrected chi connectivity index (χ1v) is 11.5. The molecule has 2 aromatic carbocycles. The van der Waals surface area contributed by atoms with Crippen molar-refractivity contribution in [2.24, 2.45) is 5.92 Å². The molecule has 0 saturated carbocycles. The minimum atomic E-state index is -2.72. The molecule has 2 radical (unpaired) electrons. The van der Waals surface area contributed by atoms with E-state index in [1.54, 1.807) is 29.2 Å². The van der Waals surface area contributed by atoms with Crippen LogP contribution in [0.5, 0.6) is 11.5 Å². The molecule has 0 spiro atoms. The molecule has 1 N–H and O–H groups in total. The number of hydrogen-bond donors (Lipinski definition) is 1. The Labute approximate surface area is 214 Å². The van der Waals surface area contributed by atoms with Gasteiger partial charge in [0.05, 0.1) is 29.0 Å². The van der Waals surface area contributed by atoms with Crippen LogP contribution in [0.4, 0.5) is 0 Å². The van der Waals surface area contributed by atoms with Crippen LogP contribution in [-0.4, -0.2) is 58.2 Å². The molecule has 0 bridgehead atoms. The van der Waals surface area contributed by atoms with Gasteiger partial charge in [-0.25, -0.2) is 0 Å². The van der Waals surface area contributed by atoms with E-state index in [9.17, 15) is 25.3 Å². The molecular formula is C26H29N3O8. The highest BCUT2D eigenvalue weighted by molar-refractivity contribution is 5.39. The lowest BCUT2D eigenvalue weighted by atomic mass is 9.90. The number of ether oxygens (including phenoxy) is 3. The van der Waals surface area contributed by atoms with Crippen molar-refractivity contribution in [1.82, 2.24) is 4.90 Å². The van der Waals surface area contributed by atoms with Crippen molar-refractivity contribution in [2.45, 2.75) is 31.5 Å². The third-order valence-corrected chi connectivity index (χ3v) is 5.87. The quantitative estimate of drug-likeness (QED) is 0.244. The highest BCUT2D eigenvalue weighted by Crippen LogP contribution is 2.37. The van der Waals surface area contributed by atoms with Gasteiger partial charge in [0.25, 0.3) is 0 Å². The molecule has 1 aliphatic carbocycles. The number of methoxy groups -OCH3 is 1. The van der Waals surface area contributed by atoms with E-state index in [4.69, 9.17) is 21.1 Å². The normalized spacial score (nSPS) is 20.7. The van der Waals surface area contributed by atoms with Crippen LogP contribution in [0.3, 0.4) is 0 Å². The summed E-state index contributed by atoms with van der Waals surface area (Å²) in [6.45, 7) is 7.83. The second-order valence-electron chi connectivity index (χ2n) is 8.38. The number of aliphatic hydroxyl groups is 1. The van der Waals surface area contributed by atoms with Gasteiger partial charge in [0.15, 0.2) is 11.5 Å². The smallest absolute Gasteiger partial charge is 0.423 e. The molecule has 0 aliphatic heterocycles. The summed E-state index contributed by atoms with van der Waals surface area (Å²) in [4.78, 5) is 23.9. The number of nitrogens with zero attached hydrogens (tertiary/aromatic N) is 3. The van der Waals surface area contributed by atoms with Crippen LogP contribution in [-0.2, 0) is 11.3 Å². The molecule has 3 rings (SSSR count). The fraction of sp³-hybridized carbons (Fsp3) is 0.346. The molecule has 0 fully saturated rings. The Morgan fingerprint density at radius 2 is 1.76 bits per heavy atom. The second-order valence-corrected chi connectivity index (χ2v) is 8.38. The van der Waals surface area contributed by atoms with Gasteiger partial charge in [0.2, 0.25) is 0 Å². The monoisotopic (exact) mass is 511 g/mol. The van der Waals surface area contributed by atoms with Gasteiger partial charge < -0.3 is 14.6 Å². The van der Waals surface area contributed by atoms with E-state index in [1.165, 1.54) is 26.2 Å². The number of para-hydroxylation sites is 2. The predicted octanol–water partition coefficient (Wildman–Crippen LogP) is 3.33. The highest BCUT2D eigenvalue weighted by Gasteiger charge is 2.63. The average Bonchev–Trinajstić information content (AvgIpc) is 2.87. The fourth-order valence-corrected chi connectivity index (χ4v) is 4.06. The Kier molecular flexibility index (Phi) is 9.34. The maximum absolute atomic E-state index is 12.3. The van der Waals surface area contributed by atoms with Gasteiger partial charge in [-0.3, -0.25) is 29.9 Å². The molecule has 4 atom stereocenters. The Bertz CT molecular complexity index is 1140. The Balaban J connectivity index is 1.94. The molecule has 37 heavy (non-hydrogen) atoms. The average molecular weight is 512 g/mol. The van der Waals surface area contributed by atoms with Crippen molar-refractivity contribution in [1.29, 1.82) is 0 Å². The Hall–Kier alpha value is -3.80. The van der Waals surface area contributed by atoms with E-state index in [2.05, 4.69) is 0 Å². The van der Waals surface area contributed by atoms with E-state index in [0.717, 1.165) is 11.6 Å². The van der Waals surface area contributed by atoms with E-state index >= 15 is 0 Å². The topological polar surface area (TPSA) is 137 Å². The summed E-state index contributed by atoms with van der Waals surface area (Å²) in [5.74, 6) is -0.468. The van der Waals surface area contributed by atoms with E-state index < -0.39 is 39.5 Å². The minimum absolute atomic E-state index is 0.0924. The fourth-order valence-electron chi connectivity index (χ4n) is 4.06. The lowest BCUT2D eigenvalue weighted by Crippen LogP contribution is -2.58. The zero-order valence-corrected chi connectivity index (χ0v) is 20.5. The molecule has 0 amide bonds. The van der Waals surface area contributed by atoms with Crippen LogP contribution in [0, 0.1) is 33.1 Å². The van der Waals surface area contributed by atoms with Crippen LogP contribution in [0.2, 0.25) is 0 Å². The van der Waals surface area contributed by atoms with Crippen molar-refractivity contribution < 1.29 is 29.2 Å². The first-order valence-electron chi connectivity index (χ1n) is 11.5. The third kappa shape index (κ3) is 6.31. The summed E-state index contributed by atoms with van der Waals surface area (Å²) in [6, 6.07) is 16.2. The summed E-state index contributed by atoms with van der Waals surface area (Å²) < 4.78 is 17.1. The standard InChI is InChI=1S/C26H29N3O8/c1-19-10-9-15-24(28(31)32)26(19,29(33)34)37-25(20(2)30)27(18-21-11-5-4-6-12-21)16-17-36-23-14-8-7-13-22(23)35-3/h1,4-15,19-20,25,30H,16-18H2,2-3H3. The molecule has 0 aromatic heterocycles. The van der Waals surface area contributed by atoms with Crippen LogP contribution in [0.1, 0.15) is 12.5 Å². The number of aliphatic hydroxyl groups excluding tert-OH is 1. The maximum Gasteiger partial charge on any atom is 0.423 e. The van der Waals surface area contributed by atoms with Gasteiger partial charge in [0.1, 0.15) is 12.8 Å². The number of benzene rings is 2. The van der Waals surface area contributed by atoms with Gasteiger partial charge >= 0.3 is 11.4 Å². The van der Waals surface area contributed by atoms with Crippen molar-refractivity contribution in [3.05, 3.63) is 111 Å². The lowest BCUT2D eigenvalue weighted by molar-refractivity contribution is -0.663. The van der Waals surface area contributed by atoms with E-state index in [1.807, 2.05) is 30.3 Å². The number of nitro groups is 2. The summed E-state index contributed by atoms with van der Waals surface area (Å²) in [5, 5.41) is 34.8. The summed E-state index contributed by atoms with van der Waals surface area (Å²) in [5.41, 5.74) is -2.73. The first kappa shape index (κ1) is 27.8. The minimum Gasteiger partial charge on any atom is -0.493 e. The van der Waals surface area contributed by atoms with Crippen molar-refractivity contribution in [3.8, 4) is 11.5 Å². The molecule has 196 valence electrons. The Morgan fingerprint density at radius 3 is 2.35 bits per heavy atom. The van der Waals surface area contributed by atoms with Crippen LogP contribution >= 0.6 is 0 Å². The van der Waals surface area contributed by atoms with Gasteiger partial charge in [-0.1, -0.05) is 54.6 Å². The second kappa shape index (κ2) is 12.4. The van der Waals surface area contributed by atoms with Crippen LogP contribution < -0.4 is 9.47 Å². The SMILES string of the molecule is [CH]C1C=CC=C([N+](=O)[O-])C1(OC(C(C)O)N(CCOc1ccccc1OC)Cc1ccccc1)[N+](=O)[O-]. The van der Waals surface area contributed by atoms with Crippen LogP contribution in [0.25, 0.3) is 0 Å². The van der Waals surface area contributed by atoms with Crippen molar-refractivity contribution in [2.75, 3.05) is 20.3 Å². The van der Waals surface area contributed by atoms with Gasteiger partial charge in [-0.05, 0) is 31.5 Å². The molecule has 11 heteroatoms.